The molecule has 0 spiro atoms. The summed E-state index contributed by atoms with van der Waals surface area (Å²) in [4.78, 5) is 5.00. The minimum atomic E-state index is -3.33. The number of hydrogen-bond acceptors (Lipinski definition) is 6. The highest BCUT2D eigenvalue weighted by Gasteiger charge is 2.20. The maximum Gasteiger partial charge on any atom is 0.229 e. The summed E-state index contributed by atoms with van der Waals surface area (Å²) in [5, 5.41) is 22.3. The third-order valence-electron chi connectivity index (χ3n) is 7.23. The van der Waals surface area contributed by atoms with Crippen LogP contribution in [0.15, 0.2) is 97.2 Å². The third kappa shape index (κ3) is 5.40. The molecule has 0 fully saturated rings. The molecule has 0 saturated heterocycles. The van der Waals surface area contributed by atoms with E-state index in [-0.39, 0.29) is 0 Å². The second-order valence-electron chi connectivity index (χ2n) is 10.8. The van der Waals surface area contributed by atoms with E-state index in [1.54, 1.807) is 12.1 Å². The van der Waals surface area contributed by atoms with Gasteiger partial charge in [-0.05, 0) is 79.1 Å². The van der Waals surface area contributed by atoms with E-state index in [9.17, 15) is 13.7 Å². The molecule has 4 aromatic carbocycles. The van der Waals surface area contributed by atoms with Gasteiger partial charge >= 0.3 is 0 Å². The normalized spacial score (nSPS) is 11.9. The van der Waals surface area contributed by atoms with Crippen LogP contribution < -0.4 is 10.0 Å². The molecule has 9 heteroatoms. The third-order valence-corrected chi connectivity index (χ3v) is 7.83. The van der Waals surface area contributed by atoms with E-state index in [0.717, 1.165) is 67.4 Å². The lowest BCUT2D eigenvalue weighted by Crippen LogP contribution is -2.13. The van der Waals surface area contributed by atoms with E-state index in [4.69, 9.17) is 4.98 Å². The van der Waals surface area contributed by atoms with Crippen molar-refractivity contribution in [1.82, 2.24) is 15.2 Å². The van der Waals surface area contributed by atoms with Crippen LogP contribution in [0.3, 0.4) is 0 Å². The standard InChI is InChI=1S/C33H28N6O2S/c1-33(2,20-34)24-10-7-21(8-11-24)31-32-29(19-35-38-32)28-18-23(9-16-30(28)37-31)22-5-4-6-27(17-22)36-25-12-14-26(15-13-25)39-42(3,40)41/h4-19,36,39H,1-3H3,(H,35,38). The number of rotatable bonds is 7. The van der Waals surface area contributed by atoms with Crippen molar-refractivity contribution < 1.29 is 8.42 Å². The molecule has 0 bridgehead atoms. The van der Waals surface area contributed by atoms with Crippen molar-refractivity contribution in [3.63, 3.8) is 0 Å². The minimum absolute atomic E-state index is 0.509. The van der Waals surface area contributed by atoms with Crippen LogP contribution in [0.2, 0.25) is 0 Å². The average molecular weight is 573 g/mol. The molecule has 0 saturated carbocycles. The maximum absolute atomic E-state index is 11.5. The number of hydrogen-bond donors (Lipinski definition) is 3. The van der Waals surface area contributed by atoms with Gasteiger partial charge in [0.2, 0.25) is 10.0 Å². The Kier molecular flexibility index (Phi) is 6.64. The fourth-order valence-corrected chi connectivity index (χ4v) is 5.54. The SMILES string of the molecule is CC(C)(C#N)c1ccc(-c2nc3ccc(-c4cccc(Nc5ccc(NS(C)(=O)=O)cc5)c4)cc3c3cn[nH]c23)cc1. The van der Waals surface area contributed by atoms with Crippen molar-refractivity contribution in [1.29, 1.82) is 5.26 Å². The maximum atomic E-state index is 11.5. The van der Waals surface area contributed by atoms with E-state index >= 15 is 0 Å². The molecule has 3 N–H and O–H groups in total. The molecule has 8 nitrogen and oxygen atoms in total. The van der Waals surface area contributed by atoms with E-state index in [2.05, 4.69) is 50.6 Å². The summed E-state index contributed by atoms with van der Waals surface area (Å²) < 4.78 is 25.4. The zero-order valence-electron chi connectivity index (χ0n) is 23.3. The fraction of sp³-hybridized carbons (Fsp3) is 0.121. The molecule has 0 aliphatic carbocycles. The van der Waals surface area contributed by atoms with Crippen LogP contribution in [-0.4, -0.2) is 29.9 Å². The Morgan fingerprint density at radius 3 is 2.21 bits per heavy atom. The molecule has 2 heterocycles. The lowest BCUT2D eigenvalue weighted by Gasteiger charge is -2.16. The van der Waals surface area contributed by atoms with Crippen molar-refractivity contribution in [3.05, 3.63) is 103 Å². The quantitative estimate of drug-likeness (QED) is 0.184. The summed E-state index contributed by atoms with van der Waals surface area (Å²) in [7, 11) is -3.33. The topological polar surface area (TPSA) is 124 Å². The predicted octanol–water partition coefficient (Wildman–Crippen LogP) is 7.36. The second kappa shape index (κ2) is 10.3. The number of nitriles is 1. The summed E-state index contributed by atoms with van der Waals surface area (Å²) in [6.07, 6.45) is 2.96. The first kappa shape index (κ1) is 27.0. The lowest BCUT2D eigenvalue weighted by atomic mass is 9.86. The van der Waals surface area contributed by atoms with Crippen molar-refractivity contribution >= 4 is 48.9 Å². The van der Waals surface area contributed by atoms with Gasteiger partial charge in [-0.15, -0.1) is 0 Å². The van der Waals surface area contributed by atoms with E-state index in [0.29, 0.717) is 5.69 Å². The largest absolute Gasteiger partial charge is 0.356 e. The number of nitrogens with one attached hydrogen (secondary N) is 3. The number of aromatic nitrogens is 3. The van der Waals surface area contributed by atoms with Crippen molar-refractivity contribution in [2.45, 2.75) is 19.3 Å². The molecule has 0 atom stereocenters. The highest BCUT2D eigenvalue weighted by Crippen LogP contribution is 2.35. The van der Waals surface area contributed by atoms with Crippen LogP contribution >= 0.6 is 0 Å². The average Bonchev–Trinajstić information content (AvgIpc) is 3.48. The molecular formula is C33H28N6O2S. The molecule has 2 aromatic heterocycles. The number of aromatic amines is 1. The van der Waals surface area contributed by atoms with Gasteiger partial charge in [-0.3, -0.25) is 9.82 Å². The summed E-state index contributed by atoms with van der Waals surface area (Å²) in [5.74, 6) is 0. The predicted molar refractivity (Wildman–Crippen MR) is 169 cm³/mol. The molecule has 208 valence electrons. The van der Waals surface area contributed by atoms with Crippen molar-refractivity contribution in [2.75, 3.05) is 16.3 Å². The Morgan fingerprint density at radius 2 is 1.50 bits per heavy atom. The number of sulfonamides is 1. The molecule has 0 unspecified atom stereocenters. The molecular weight excluding hydrogens is 544 g/mol. The molecule has 42 heavy (non-hydrogen) atoms. The first-order valence-electron chi connectivity index (χ1n) is 13.3. The van der Waals surface area contributed by atoms with Gasteiger partial charge in [0.25, 0.3) is 0 Å². The summed E-state index contributed by atoms with van der Waals surface area (Å²) in [5.41, 5.74) is 8.20. The highest BCUT2D eigenvalue weighted by atomic mass is 32.2. The molecule has 0 aliphatic rings. The molecule has 0 amide bonds. The zero-order chi connectivity index (χ0) is 29.5. The lowest BCUT2D eigenvalue weighted by molar-refractivity contribution is 0.607. The summed E-state index contributed by atoms with van der Waals surface area (Å²) in [6, 6.07) is 31.8. The zero-order valence-corrected chi connectivity index (χ0v) is 24.1. The molecule has 6 rings (SSSR count). The highest BCUT2D eigenvalue weighted by molar-refractivity contribution is 7.92. The number of fused-ring (bicyclic) bond motifs is 3. The Bertz CT molecular complexity index is 2090. The van der Waals surface area contributed by atoms with Crippen LogP contribution in [0.25, 0.3) is 44.2 Å². The number of H-pyrrole nitrogens is 1. The van der Waals surface area contributed by atoms with E-state index in [1.165, 1.54) is 0 Å². The van der Waals surface area contributed by atoms with E-state index < -0.39 is 15.4 Å². The first-order chi connectivity index (χ1) is 20.1. The van der Waals surface area contributed by atoms with Gasteiger partial charge in [0.05, 0.1) is 40.7 Å². The number of anilines is 3. The molecule has 0 aliphatic heterocycles. The van der Waals surface area contributed by atoms with Crippen LogP contribution in [0, 0.1) is 11.3 Å². The monoisotopic (exact) mass is 572 g/mol. The number of benzene rings is 4. The van der Waals surface area contributed by atoms with Gasteiger partial charge in [-0.1, -0.05) is 42.5 Å². The van der Waals surface area contributed by atoms with Gasteiger partial charge in [-0.2, -0.15) is 10.4 Å². The second-order valence-corrected chi connectivity index (χ2v) is 12.6. The fourth-order valence-electron chi connectivity index (χ4n) is 4.97. The summed E-state index contributed by atoms with van der Waals surface area (Å²) in [6.45, 7) is 3.82. The van der Waals surface area contributed by atoms with Gasteiger partial charge < -0.3 is 5.32 Å². The smallest absolute Gasteiger partial charge is 0.229 e. The number of pyridine rings is 1. The van der Waals surface area contributed by atoms with Crippen molar-refractivity contribution in [3.8, 4) is 28.5 Å². The Labute approximate surface area is 244 Å². The minimum Gasteiger partial charge on any atom is -0.356 e. The Morgan fingerprint density at radius 1 is 0.810 bits per heavy atom. The van der Waals surface area contributed by atoms with Crippen molar-refractivity contribution in [2.24, 2.45) is 0 Å². The van der Waals surface area contributed by atoms with Gasteiger partial charge in [-0.25, -0.2) is 13.4 Å². The Balaban J connectivity index is 1.31. The summed E-state index contributed by atoms with van der Waals surface area (Å²) >= 11 is 0. The van der Waals surface area contributed by atoms with Crippen LogP contribution in [-0.2, 0) is 15.4 Å². The van der Waals surface area contributed by atoms with Gasteiger partial charge in [0.15, 0.2) is 0 Å². The van der Waals surface area contributed by atoms with Gasteiger partial charge in [0.1, 0.15) is 0 Å². The van der Waals surface area contributed by atoms with E-state index in [1.807, 2.05) is 74.6 Å². The molecule has 6 aromatic rings. The van der Waals surface area contributed by atoms with Gasteiger partial charge in [0, 0.05) is 33.4 Å². The molecule has 0 radical (unpaired) electrons. The number of nitrogens with zero attached hydrogens (tertiary/aromatic N) is 3. The Hall–Kier alpha value is -5.20. The first-order valence-corrected chi connectivity index (χ1v) is 15.2. The van der Waals surface area contributed by atoms with Crippen LogP contribution in [0.5, 0.6) is 0 Å². The van der Waals surface area contributed by atoms with Crippen LogP contribution in [0.1, 0.15) is 19.4 Å². The van der Waals surface area contributed by atoms with Crippen LogP contribution in [0.4, 0.5) is 17.1 Å².